The third kappa shape index (κ3) is 10.1. The fourth-order valence-electron chi connectivity index (χ4n) is 1.74. The summed E-state index contributed by atoms with van der Waals surface area (Å²) in [7, 11) is -0.837. The molecule has 0 bridgehead atoms. The lowest BCUT2D eigenvalue weighted by Gasteiger charge is -2.22. The molecule has 0 fully saturated rings. The normalized spacial score (nSPS) is 15.0. The molecule has 0 aromatic carbocycles. The van der Waals surface area contributed by atoms with Crippen LogP contribution in [0.3, 0.4) is 0 Å². The minimum Gasteiger partial charge on any atom is -0.316 e. The van der Waals surface area contributed by atoms with E-state index in [9.17, 15) is 0 Å². The third-order valence-corrected chi connectivity index (χ3v) is 3.93. The molecule has 0 rings (SSSR count). The maximum absolute atomic E-state index is 3.53. The van der Waals surface area contributed by atoms with Crippen LogP contribution in [-0.2, 0) is 0 Å². The van der Waals surface area contributed by atoms with Gasteiger partial charge in [0.05, 0.1) is 0 Å². The van der Waals surface area contributed by atoms with E-state index >= 15 is 0 Å². The van der Waals surface area contributed by atoms with E-state index in [-0.39, 0.29) is 0 Å². The van der Waals surface area contributed by atoms with E-state index in [1.807, 2.05) is 0 Å². The van der Waals surface area contributed by atoms with E-state index < -0.39 is 8.07 Å². The zero-order valence-corrected chi connectivity index (χ0v) is 11.3. The molecule has 0 aromatic heterocycles. The Morgan fingerprint density at radius 3 is 1.92 bits per heavy atom. The first-order chi connectivity index (χ1) is 5.81. The Bertz CT molecular complexity index is 127. The second kappa shape index (κ2) is 5.81. The zero-order chi connectivity index (χ0) is 10.5. The van der Waals surface area contributed by atoms with Gasteiger partial charge in [0.2, 0.25) is 0 Å². The molecule has 1 nitrogen and oxygen atoms in total. The molecule has 13 heavy (non-hydrogen) atoms. The van der Waals surface area contributed by atoms with E-state index in [1.165, 1.54) is 12.6 Å². The Morgan fingerprint density at radius 2 is 1.54 bits per heavy atom. The molecular weight excluding hydrogens is 174 g/mol. The van der Waals surface area contributed by atoms with Crippen molar-refractivity contribution in [2.45, 2.75) is 46.5 Å². The molecule has 0 amide bonds. The monoisotopic (exact) mass is 201 g/mol. The predicted octanol–water partition coefficient (Wildman–Crippen LogP) is 3.21. The van der Waals surface area contributed by atoms with Gasteiger partial charge in [0, 0.05) is 8.07 Å². The van der Waals surface area contributed by atoms with Gasteiger partial charge in [-0.3, -0.25) is 0 Å². The summed E-state index contributed by atoms with van der Waals surface area (Å²) in [6, 6.07) is 1.44. The van der Waals surface area contributed by atoms with Crippen LogP contribution in [0.1, 0.15) is 20.8 Å². The Balaban J connectivity index is 3.46. The third-order valence-electron chi connectivity index (χ3n) is 2.01. The summed E-state index contributed by atoms with van der Waals surface area (Å²) in [5.41, 5.74) is 0. The van der Waals surface area contributed by atoms with Crippen LogP contribution in [-0.4, -0.2) is 21.2 Å². The van der Waals surface area contributed by atoms with Gasteiger partial charge in [-0.05, 0) is 24.9 Å². The molecule has 0 saturated carbocycles. The van der Waals surface area contributed by atoms with Crippen LogP contribution in [0.4, 0.5) is 0 Å². The minimum absolute atomic E-state index is 0.777. The highest BCUT2D eigenvalue weighted by atomic mass is 28.3. The van der Waals surface area contributed by atoms with E-state index in [4.69, 9.17) is 0 Å². The quantitative estimate of drug-likeness (QED) is 0.651. The Kier molecular flexibility index (Phi) is 5.89. The molecule has 0 aliphatic rings. The second-order valence-electron chi connectivity index (χ2n) is 5.92. The summed E-state index contributed by atoms with van der Waals surface area (Å²) in [6.45, 7) is 16.6. The Labute approximate surface area is 85.3 Å². The molecule has 0 spiro atoms. The summed E-state index contributed by atoms with van der Waals surface area (Å²) in [5, 5.41) is 3.53. The largest absolute Gasteiger partial charge is 0.316 e. The second-order valence-corrected chi connectivity index (χ2v) is 11.5. The molecular formula is C11H27NSi. The molecule has 1 atom stereocenters. The molecule has 80 valence electrons. The molecule has 0 aliphatic carbocycles. The van der Waals surface area contributed by atoms with Crippen molar-refractivity contribution in [1.29, 1.82) is 0 Å². The average Bonchev–Trinajstić information content (AvgIpc) is 1.81. The summed E-state index contributed by atoms with van der Waals surface area (Å²) in [5.74, 6) is 1.63. The maximum Gasteiger partial charge on any atom is 0.0445 e. The number of hydrogen-bond donors (Lipinski definition) is 1. The molecule has 1 N–H and O–H groups in total. The molecule has 0 heterocycles. The average molecular weight is 201 g/mol. The van der Waals surface area contributed by atoms with E-state index in [1.54, 1.807) is 0 Å². The predicted molar refractivity (Wildman–Crippen MR) is 65.0 cm³/mol. The SMILES string of the molecule is CC(C)CNCC(C)C[Si](C)(C)C. The van der Waals surface area contributed by atoms with Crippen LogP contribution >= 0.6 is 0 Å². The van der Waals surface area contributed by atoms with Crippen LogP contribution in [0.15, 0.2) is 0 Å². The Morgan fingerprint density at radius 1 is 1.00 bits per heavy atom. The van der Waals surface area contributed by atoms with Gasteiger partial charge in [-0.25, -0.2) is 0 Å². The van der Waals surface area contributed by atoms with Crippen molar-refractivity contribution in [2.75, 3.05) is 13.1 Å². The van der Waals surface area contributed by atoms with E-state index in [0.717, 1.165) is 18.4 Å². The van der Waals surface area contributed by atoms with Crippen molar-refractivity contribution in [3.05, 3.63) is 0 Å². The fourth-order valence-corrected chi connectivity index (χ4v) is 3.97. The molecule has 1 unspecified atom stereocenters. The van der Waals surface area contributed by atoms with Crippen molar-refractivity contribution in [2.24, 2.45) is 11.8 Å². The van der Waals surface area contributed by atoms with Gasteiger partial charge in [0.25, 0.3) is 0 Å². The zero-order valence-electron chi connectivity index (χ0n) is 10.3. The van der Waals surface area contributed by atoms with Gasteiger partial charge in [-0.15, -0.1) is 0 Å². The molecule has 0 saturated heterocycles. The highest BCUT2D eigenvalue weighted by molar-refractivity contribution is 6.76. The first-order valence-electron chi connectivity index (χ1n) is 5.52. The molecule has 2 heteroatoms. The number of rotatable bonds is 6. The highest BCUT2D eigenvalue weighted by Crippen LogP contribution is 2.15. The summed E-state index contributed by atoms with van der Waals surface area (Å²) in [6.07, 6.45) is 0. The lowest BCUT2D eigenvalue weighted by molar-refractivity contribution is 0.495. The van der Waals surface area contributed by atoms with Gasteiger partial charge >= 0.3 is 0 Å². The fraction of sp³-hybridized carbons (Fsp3) is 1.00. The van der Waals surface area contributed by atoms with Crippen LogP contribution in [0.5, 0.6) is 0 Å². The van der Waals surface area contributed by atoms with Crippen molar-refractivity contribution in [1.82, 2.24) is 5.32 Å². The van der Waals surface area contributed by atoms with Gasteiger partial charge in [0.15, 0.2) is 0 Å². The van der Waals surface area contributed by atoms with E-state index in [2.05, 4.69) is 45.7 Å². The van der Waals surface area contributed by atoms with Gasteiger partial charge in [-0.1, -0.05) is 46.5 Å². The standard InChI is InChI=1S/C11H27NSi/c1-10(2)7-12-8-11(3)9-13(4,5)6/h10-12H,7-9H2,1-6H3. The summed E-state index contributed by atoms with van der Waals surface area (Å²) >= 11 is 0. The lowest BCUT2D eigenvalue weighted by Crippen LogP contribution is -2.30. The molecule has 0 aromatic rings. The van der Waals surface area contributed by atoms with Gasteiger partial charge in [-0.2, -0.15) is 0 Å². The smallest absolute Gasteiger partial charge is 0.0445 e. The number of hydrogen-bond acceptors (Lipinski definition) is 1. The number of nitrogens with one attached hydrogen (secondary N) is 1. The van der Waals surface area contributed by atoms with Crippen LogP contribution in [0.25, 0.3) is 0 Å². The van der Waals surface area contributed by atoms with Crippen molar-refractivity contribution in [3.63, 3.8) is 0 Å². The molecule has 0 aliphatic heterocycles. The van der Waals surface area contributed by atoms with Crippen LogP contribution in [0.2, 0.25) is 25.7 Å². The van der Waals surface area contributed by atoms with Gasteiger partial charge < -0.3 is 5.32 Å². The first-order valence-corrected chi connectivity index (χ1v) is 9.22. The maximum atomic E-state index is 3.53. The summed E-state index contributed by atoms with van der Waals surface area (Å²) < 4.78 is 0. The van der Waals surface area contributed by atoms with Crippen molar-refractivity contribution in [3.8, 4) is 0 Å². The lowest BCUT2D eigenvalue weighted by atomic mass is 10.2. The highest BCUT2D eigenvalue weighted by Gasteiger charge is 2.16. The minimum atomic E-state index is -0.837. The first kappa shape index (κ1) is 13.2. The van der Waals surface area contributed by atoms with Crippen LogP contribution in [0, 0.1) is 11.8 Å². The van der Waals surface area contributed by atoms with E-state index in [0.29, 0.717) is 0 Å². The molecule has 0 radical (unpaired) electrons. The Hall–Kier alpha value is 0.177. The van der Waals surface area contributed by atoms with Crippen molar-refractivity contribution >= 4 is 8.07 Å². The van der Waals surface area contributed by atoms with Crippen molar-refractivity contribution < 1.29 is 0 Å². The van der Waals surface area contributed by atoms with Crippen LogP contribution < -0.4 is 5.32 Å². The summed E-state index contributed by atoms with van der Waals surface area (Å²) in [4.78, 5) is 0. The van der Waals surface area contributed by atoms with Gasteiger partial charge in [0.1, 0.15) is 0 Å². The topological polar surface area (TPSA) is 12.0 Å².